The van der Waals surface area contributed by atoms with E-state index in [1.165, 1.54) is 4.90 Å². The van der Waals surface area contributed by atoms with Crippen molar-refractivity contribution in [1.82, 2.24) is 0 Å². The molecule has 0 bridgehead atoms. The second-order valence-electron chi connectivity index (χ2n) is 8.89. The number of halogens is 1. The topological polar surface area (TPSA) is 66.9 Å². The molecule has 4 atom stereocenters. The third-order valence-electron chi connectivity index (χ3n) is 7.14. The van der Waals surface area contributed by atoms with E-state index < -0.39 is 17.9 Å². The molecular weight excluding hydrogens is 508 g/mol. The quantitative estimate of drug-likeness (QED) is 0.361. The average Bonchev–Trinajstić information content (AvgIpc) is 3.37. The molecule has 0 aromatic heterocycles. The third-order valence-corrected chi connectivity index (χ3v) is 7.67. The number of Topliss-reactive ketones (excluding diaryl/α,β-unsaturated/α-hetero) is 1. The van der Waals surface area contributed by atoms with Crippen LogP contribution in [-0.4, -0.2) is 36.8 Å². The highest BCUT2D eigenvalue weighted by molar-refractivity contribution is 9.10. The lowest BCUT2D eigenvalue weighted by atomic mass is 9.86. The molecule has 3 aliphatic heterocycles. The third kappa shape index (κ3) is 3.26. The van der Waals surface area contributed by atoms with Gasteiger partial charge in [0.05, 0.1) is 30.7 Å². The summed E-state index contributed by atoms with van der Waals surface area (Å²) in [5, 5.41) is 0. The van der Waals surface area contributed by atoms with Gasteiger partial charge in [0.15, 0.2) is 5.78 Å². The molecule has 0 aliphatic carbocycles. The van der Waals surface area contributed by atoms with Crippen molar-refractivity contribution in [2.75, 3.05) is 16.9 Å². The molecule has 3 heterocycles. The number of fused-ring (bicyclic) bond motifs is 5. The van der Waals surface area contributed by atoms with Crippen LogP contribution in [0.4, 0.5) is 11.4 Å². The van der Waals surface area contributed by atoms with Gasteiger partial charge >= 0.3 is 0 Å². The van der Waals surface area contributed by atoms with Crippen LogP contribution in [0.1, 0.15) is 15.9 Å². The minimum absolute atomic E-state index is 0.169. The molecule has 174 valence electrons. The second-order valence-corrected chi connectivity index (χ2v) is 9.81. The fraction of sp³-hybridized carbons (Fsp3) is 0.179. The van der Waals surface area contributed by atoms with E-state index in [1.807, 2.05) is 53.5 Å². The summed E-state index contributed by atoms with van der Waals surface area (Å²) in [4.78, 5) is 44.8. The van der Waals surface area contributed by atoms with Crippen LogP contribution in [0.15, 0.2) is 83.3 Å². The van der Waals surface area contributed by atoms with E-state index in [1.54, 1.807) is 43.5 Å². The molecular formula is C28H21BrN2O4. The van der Waals surface area contributed by atoms with Crippen LogP contribution in [0, 0.1) is 11.8 Å². The highest BCUT2D eigenvalue weighted by atomic mass is 79.9. The summed E-state index contributed by atoms with van der Waals surface area (Å²) in [7, 11) is 1.56. The van der Waals surface area contributed by atoms with Gasteiger partial charge in [-0.05, 0) is 48.0 Å². The smallest absolute Gasteiger partial charge is 0.240 e. The van der Waals surface area contributed by atoms with Crippen molar-refractivity contribution >= 4 is 51.0 Å². The highest BCUT2D eigenvalue weighted by Crippen LogP contribution is 2.49. The first-order chi connectivity index (χ1) is 17.0. The Kier molecular flexibility index (Phi) is 5.11. The standard InChI is InChI=1S/C28H21BrN2O4/c1-35-20-13-11-19(12-14-20)30-27(33)23-22-15-8-16-4-2-3-5-21(16)31(22)25(24(23)28(30)34)26(32)17-6-9-18(29)10-7-17/h2-15,22-25H,1H3/t22-,23+,24+,25+/m1/s1. The van der Waals surface area contributed by atoms with Gasteiger partial charge in [-0.2, -0.15) is 0 Å². The monoisotopic (exact) mass is 528 g/mol. The molecule has 3 aromatic carbocycles. The molecule has 0 radical (unpaired) electrons. The molecule has 2 fully saturated rings. The summed E-state index contributed by atoms with van der Waals surface area (Å²) >= 11 is 3.42. The Morgan fingerprint density at radius 1 is 0.886 bits per heavy atom. The molecule has 35 heavy (non-hydrogen) atoms. The zero-order valence-corrected chi connectivity index (χ0v) is 20.4. The van der Waals surface area contributed by atoms with Gasteiger partial charge in [0, 0.05) is 15.7 Å². The van der Waals surface area contributed by atoms with Crippen LogP contribution in [0.2, 0.25) is 0 Å². The predicted octanol–water partition coefficient (Wildman–Crippen LogP) is 4.73. The minimum Gasteiger partial charge on any atom is -0.497 e. The van der Waals surface area contributed by atoms with Crippen LogP contribution >= 0.6 is 15.9 Å². The normalized spacial score (nSPS) is 24.3. The maximum absolute atomic E-state index is 14.0. The number of ether oxygens (including phenoxy) is 1. The maximum atomic E-state index is 14.0. The van der Waals surface area contributed by atoms with Crippen molar-refractivity contribution in [3.63, 3.8) is 0 Å². The van der Waals surface area contributed by atoms with Gasteiger partial charge in [-0.15, -0.1) is 0 Å². The Bertz CT molecular complexity index is 1380. The minimum atomic E-state index is -0.794. The van der Waals surface area contributed by atoms with Crippen molar-refractivity contribution < 1.29 is 19.1 Å². The van der Waals surface area contributed by atoms with Crippen molar-refractivity contribution in [1.29, 1.82) is 0 Å². The van der Waals surface area contributed by atoms with Crippen molar-refractivity contribution in [2.45, 2.75) is 12.1 Å². The number of anilines is 2. The molecule has 6 rings (SSSR count). The van der Waals surface area contributed by atoms with Crippen LogP contribution in [0.5, 0.6) is 5.75 Å². The summed E-state index contributed by atoms with van der Waals surface area (Å²) in [6.45, 7) is 0. The lowest BCUT2D eigenvalue weighted by Crippen LogP contribution is -2.48. The number of nitrogens with zero attached hydrogens (tertiary/aromatic N) is 2. The fourth-order valence-electron chi connectivity index (χ4n) is 5.58. The van der Waals surface area contributed by atoms with Crippen molar-refractivity contribution in [3.05, 3.63) is 94.5 Å². The lowest BCUT2D eigenvalue weighted by Gasteiger charge is -2.36. The van der Waals surface area contributed by atoms with E-state index in [4.69, 9.17) is 4.74 Å². The van der Waals surface area contributed by atoms with Gasteiger partial charge in [-0.25, -0.2) is 4.90 Å². The number of para-hydroxylation sites is 1. The zero-order valence-electron chi connectivity index (χ0n) is 18.8. The van der Waals surface area contributed by atoms with Gasteiger partial charge in [0.1, 0.15) is 11.8 Å². The molecule has 0 spiro atoms. The van der Waals surface area contributed by atoms with Crippen LogP contribution in [0.25, 0.3) is 6.08 Å². The number of amides is 2. The predicted molar refractivity (Wildman–Crippen MR) is 136 cm³/mol. The number of benzene rings is 3. The number of hydrogen-bond acceptors (Lipinski definition) is 5. The number of rotatable bonds is 4. The maximum Gasteiger partial charge on any atom is 0.240 e. The van der Waals surface area contributed by atoms with Crippen LogP contribution in [0.3, 0.4) is 0 Å². The van der Waals surface area contributed by atoms with E-state index >= 15 is 0 Å². The summed E-state index contributed by atoms with van der Waals surface area (Å²) in [5.41, 5.74) is 2.82. The number of carbonyl (C=O) groups is 3. The van der Waals surface area contributed by atoms with E-state index in [2.05, 4.69) is 15.9 Å². The van der Waals surface area contributed by atoms with Crippen molar-refractivity contribution in [3.8, 4) is 5.75 Å². The number of hydrogen-bond donors (Lipinski definition) is 0. The number of methoxy groups -OCH3 is 1. The molecule has 3 aromatic rings. The summed E-state index contributed by atoms with van der Waals surface area (Å²) in [5.74, 6) is -1.61. The van der Waals surface area contributed by atoms with Crippen molar-refractivity contribution in [2.24, 2.45) is 11.8 Å². The SMILES string of the molecule is COc1ccc(N2C(=O)[C@@H]3[C@H](C2=O)[C@@H](C(=O)c2ccc(Br)cc2)N2c4ccccc4C=C[C@H]32)cc1. The molecule has 2 amide bonds. The van der Waals surface area contributed by atoms with E-state index in [0.29, 0.717) is 17.0 Å². The van der Waals surface area contributed by atoms with Gasteiger partial charge in [-0.1, -0.05) is 58.4 Å². The Hall–Kier alpha value is -3.71. The first-order valence-corrected chi connectivity index (χ1v) is 12.2. The number of ketones is 1. The molecule has 7 heteroatoms. The Balaban J connectivity index is 1.47. The van der Waals surface area contributed by atoms with Gasteiger partial charge in [-0.3, -0.25) is 14.4 Å². The second kappa shape index (κ2) is 8.20. The molecule has 0 saturated carbocycles. The van der Waals surface area contributed by atoms with E-state index in [9.17, 15) is 14.4 Å². The highest BCUT2D eigenvalue weighted by Gasteiger charge is 2.64. The number of imide groups is 1. The summed E-state index contributed by atoms with van der Waals surface area (Å²) < 4.78 is 6.08. The Labute approximate surface area is 210 Å². The zero-order chi connectivity index (χ0) is 24.3. The lowest BCUT2D eigenvalue weighted by molar-refractivity contribution is -0.122. The molecule has 3 aliphatic rings. The van der Waals surface area contributed by atoms with Crippen LogP contribution < -0.4 is 14.5 Å². The molecule has 2 saturated heterocycles. The molecule has 0 unspecified atom stereocenters. The summed E-state index contributed by atoms with van der Waals surface area (Å²) in [6.07, 6.45) is 3.94. The molecule has 0 N–H and O–H groups in total. The van der Waals surface area contributed by atoms with E-state index in [0.717, 1.165) is 15.7 Å². The van der Waals surface area contributed by atoms with Gasteiger partial charge in [0.2, 0.25) is 11.8 Å². The van der Waals surface area contributed by atoms with Gasteiger partial charge in [0.25, 0.3) is 0 Å². The summed E-state index contributed by atoms with van der Waals surface area (Å²) in [6, 6.07) is 20.6. The van der Waals surface area contributed by atoms with E-state index in [-0.39, 0.29) is 23.6 Å². The molecule has 6 nitrogen and oxygen atoms in total. The van der Waals surface area contributed by atoms with Gasteiger partial charge < -0.3 is 9.64 Å². The average molecular weight is 529 g/mol. The fourth-order valence-corrected chi connectivity index (χ4v) is 5.85. The number of carbonyl (C=O) groups excluding carboxylic acids is 3. The first-order valence-electron chi connectivity index (χ1n) is 11.4. The Morgan fingerprint density at radius 3 is 2.29 bits per heavy atom. The van der Waals surface area contributed by atoms with Crippen LogP contribution in [-0.2, 0) is 9.59 Å². The largest absolute Gasteiger partial charge is 0.497 e. The Morgan fingerprint density at radius 2 is 1.57 bits per heavy atom. The first kappa shape index (κ1) is 21.8.